The molecule has 7 heteroatoms. The summed E-state index contributed by atoms with van der Waals surface area (Å²) in [6, 6.07) is 8.79. The number of nitrogens with one attached hydrogen (secondary N) is 2. The van der Waals surface area contributed by atoms with E-state index in [0.29, 0.717) is 29.6 Å². The number of nitrogens with zero attached hydrogens (tertiary/aromatic N) is 1. The van der Waals surface area contributed by atoms with E-state index in [0.717, 1.165) is 5.56 Å². The Balaban J connectivity index is 0.00000176. The maximum absolute atomic E-state index is 11.8. The van der Waals surface area contributed by atoms with Crippen molar-refractivity contribution in [2.75, 3.05) is 6.54 Å². The molecule has 2 aromatic heterocycles. The van der Waals surface area contributed by atoms with Crippen molar-refractivity contribution >= 4 is 29.4 Å². The molecule has 1 amide bonds. The third-order valence-electron chi connectivity index (χ3n) is 3.13. The molecule has 114 valence electrons. The molecule has 2 heterocycles. The molecule has 3 rings (SSSR count). The zero-order valence-corrected chi connectivity index (χ0v) is 12.4. The van der Waals surface area contributed by atoms with Crippen LogP contribution in [0.2, 0.25) is 0 Å². The lowest BCUT2D eigenvalue weighted by atomic mass is 10.1. The summed E-state index contributed by atoms with van der Waals surface area (Å²) in [5.74, 6) is -0.594. The van der Waals surface area contributed by atoms with Crippen molar-refractivity contribution < 1.29 is 9.21 Å². The van der Waals surface area contributed by atoms with E-state index in [1.165, 1.54) is 0 Å². The Kier molecular flexibility index (Phi) is 4.95. The number of pyridine rings is 1. The minimum Gasteiger partial charge on any atom is -0.408 e. The zero-order valence-electron chi connectivity index (χ0n) is 11.5. The average Bonchev–Trinajstić information content (AvgIpc) is 2.87. The van der Waals surface area contributed by atoms with Crippen LogP contribution in [0.3, 0.4) is 0 Å². The molecule has 0 radical (unpaired) electrons. The normalized spacial score (nSPS) is 10.2. The van der Waals surface area contributed by atoms with Crippen molar-refractivity contribution in [1.82, 2.24) is 15.3 Å². The molecule has 0 bridgehead atoms. The second-order valence-corrected chi connectivity index (χ2v) is 4.59. The predicted molar refractivity (Wildman–Crippen MR) is 84.4 cm³/mol. The molecule has 0 atom stereocenters. The summed E-state index contributed by atoms with van der Waals surface area (Å²) < 4.78 is 4.94. The van der Waals surface area contributed by atoms with Crippen molar-refractivity contribution in [3.05, 3.63) is 64.4 Å². The highest BCUT2D eigenvalue weighted by molar-refractivity contribution is 5.93. The minimum absolute atomic E-state index is 0. The quantitative estimate of drug-likeness (QED) is 0.769. The van der Waals surface area contributed by atoms with Gasteiger partial charge in [0.25, 0.3) is 5.91 Å². The van der Waals surface area contributed by atoms with E-state index in [1.54, 1.807) is 30.6 Å². The van der Waals surface area contributed by atoms with Gasteiger partial charge in [-0.05, 0) is 36.2 Å². The van der Waals surface area contributed by atoms with Gasteiger partial charge in [-0.25, -0.2) is 4.79 Å². The topological polar surface area (TPSA) is 88.0 Å². The van der Waals surface area contributed by atoms with Gasteiger partial charge in [0, 0.05) is 24.5 Å². The summed E-state index contributed by atoms with van der Waals surface area (Å²) in [7, 11) is 0. The van der Waals surface area contributed by atoms with Crippen LogP contribution in [0.5, 0.6) is 0 Å². The van der Waals surface area contributed by atoms with Gasteiger partial charge >= 0.3 is 5.76 Å². The fourth-order valence-electron chi connectivity index (χ4n) is 2.08. The number of amides is 1. The van der Waals surface area contributed by atoms with Crippen LogP contribution >= 0.6 is 12.4 Å². The van der Waals surface area contributed by atoms with Crippen LogP contribution in [-0.2, 0) is 6.42 Å². The molecule has 0 aliphatic heterocycles. The van der Waals surface area contributed by atoms with Gasteiger partial charge in [0.15, 0.2) is 5.58 Å². The van der Waals surface area contributed by atoms with Crippen LogP contribution in [-0.4, -0.2) is 22.4 Å². The van der Waals surface area contributed by atoms with E-state index in [9.17, 15) is 9.59 Å². The summed E-state index contributed by atoms with van der Waals surface area (Å²) in [5.41, 5.74) is 2.79. The van der Waals surface area contributed by atoms with Gasteiger partial charge in [0.05, 0.1) is 5.52 Å². The lowest BCUT2D eigenvalue weighted by molar-refractivity contribution is 0.0954. The number of hydrogen-bond donors (Lipinski definition) is 2. The summed E-state index contributed by atoms with van der Waals surface area (Å²) in [5, 5.41) is 2.84. The molecule has 0 aliphatic rings. The van der Waals surface area contributed by atoms with Gasteiger partial charge in [-0.1, -0.05) is 6.07 Å². The van der Waals surface area contributed by atoms with Gasteiger partial charge in [-0.3, -0.25) is 14.8 Å². The molecule has 0 spiro atoms. The van der Waals surface area contributed by atoms with Gasteiger partial charge in [0.1, 0.15) is 0 Å². The molecule has 22 heavy (non-hydrogen) atoms. The molecule has 0 fully saturated rings. The third-order valence-corrected chi connectivity index (χ3v) is 3.13. The number of aromatic amines is 1. The number of oxazole rings is 1. The van der Waals surface area contributed by atoms with E-state index in [4.69, 9.17) is 4.42 Å². The van der Waals surface area contributed by atoms with Gasteiger partial charge < -0.3 is 9.73 Å². The third kappa shape index (κ3) is 3.53. The Hall–Kier alpha value is -2.60. The van der Waals surface area contributed by atoms with Crippen molar-refractivity contribution in [3.63, 3.8) is 0 Å². The number of carbonyl (C=O) groups is 1. The summed E-state index contributed by atoms with van der Waals surface area (Å²) >= 11 is 0. The highest BCUT2D eigenvalue weighted by Gasteiger charge is 2.05. The highest BCUT2D eigenvalue weighted by atomic mass is 35.5. The monoisotopic (exact) mass is 319 g/mol. The highest BCUT2D eigenvalue weighted by Crippen LogP contribution is 2.12. The van der Waals surface area contributed by atoms with Crippen molar-refractivity contribution in [1.29, 1.82) is 0 Å². The second-order valence-electron chi connectivity index (χ2n) is 4.59. The molecular weight excluding hydrogens is 306 g/mol. The van der Waals surface area contributed by atoms with Crippen LogP contribution in [0.15, 0.2) is 51.9 Å². The largest absolute Gasteiger partial charge is 0.417 e. The molecular formula is C15H14ClN3O3. The standard InChI is InChI=1S/C15H13N3O3.ClH/c19-14(11-4-6-16-7-5-11)17-8-3-10-1-2-13-12(9-10)18-15(20)21-13;/h1-2,4-7,9H,3,8H2,(H,17,19)(H,18,20);1H. The van der Waals surface area contributed by atoms with E-state index in [1.807, 2.05) is 12.1 Å². The molecule has 3 aromatic rings. The number of fused-ring (bicyclic) bond motifs is 1. The van der Waals surface area contributed by atoms with E-state index in [2.05, 4.69) is 15.3 Å². The summed E-state index contributed by atoms with van der Waals surface area (Å²) in [6.45, 7) is 0.509. The van der Waals surface area contributed by atoms with Gasteiger partial charge in [-0.15, -0.1) is 12.4 Å². The first-order chi connectivity index (χ1) is 10.2. The van der Waals surface area contributed by atoms with E-state index >= 15 is 0 Å². The molecule has 0 saturated carbocycles. The average molecular weight is 320 g/mol. The fraction of sp³-hybridized carbons (Fsp3) is 0.133. The smallest absolute Gasteiger partial charge is 0.408 e. The molecule has 0 saturated heterocycles. The van der Waals surface area contributed by atoms with Crippen LogP contribution in [0.25, 0.3) is 11.1 Å². The summed E-state index contributed by atoms with van der Waals surface area (Å²) in [4.78, 5) is 29.4. The number of halogens is 1. The number of aromatic nitrogens is 2. The lowest BCUT2D eigenvalue weighted by Crippen LogP contribution is -2.25. The fourth-order valence-corrected chi connectivity index (χ4v) is 2.08. The first-order valence-electron chi connectivity index (χ1n) is 6.52. The number of benzene rings is 1. The first-order valence-corrected chi connectivity index (χ1v) is 6.52. The second kappa shape index (κ2) is 6.91. The van der Waals surface area contributed by atoms with Crippen LogP contribution in [0, 0.1) is 0 Å². The Morgan fingerprint density at radius 1 is 1.23 bits per heavy atom. The van der Waals surface area contributed by atoms with Crippen LogP contribution in [0.4, 0.5) is 0 Å². The Labute approximate surface area is 132 Å². The molecule has 0 unspecified atom stereocenters. The maximum Gasteiger partial charge on any atom is 0.417 e. The number of hydrogen-bond acceptors (Lipinski definition) is 4. The van der Waals surface area contributed by atoms with Crippen molar-refractivity contribution in [2.45, 2.75) is 6.42 Å². The Morgan fingerprint density at radius 2 is 2.00 bits per heavy atom. The number of rotatable bonds is 4. The molecule has 6 nitrogen and oxygen atoms in total. The van der Waals surface area contributed by atoms with Crippen LogP contribution < -0.4 is 11.1 Å². The van der Waals surface area contributed by atoms with Gasteiger partial charge in [-0.2, -0.15) is 0 Å². The maximum atomic E-state index is 11.8. The number of H-pyrrole nitrogens is 1. The molecule has 0 aliphatic carbocycles. The van der Waals surface area contributed by atoms with E-state index < -0.39 is 5.76 Å². The summed E-state index contributed by atoms with van der Waals surface area (Å²) in [6.07, 6.45) is 3.83. The first kappa shape index (κ1) is 15.8. The van der Waals surface area contributed by atoms with Gasteiger partial charge in [0.2, 0.25) is 0 Å². The SMILES string of the molecule is Cl.O=C(NCCc1ccc2oc(=O)[nH]c2c1)c1ccncc1. The molecule has 2 N–H and O–H groups in total. The number of carbonyl (C=O) groups excluding carboxylic acids is 1. The minimum atomic E-state index is -0.465. The Bertz CT molecular complexity index is 827. The predicted octanol–water partition coefficient (Wildman–Crippen LogP) is 1.91. The zero-order chi connectivity index (χ0) is 14.7. The van der Waals surface area contributed by atoms with Crippen molar-refractivity contribution in [3.8, 4) is 0 Å². The van der Waals surface area contributed by atoms with Crippen molar-refractivity contribution in [2.24, 2.45) is 0 Å². The Morgan fingerprint density at radius 3 is 2.77 bits per heavy atom. The molecule has 1 aromatic carbocycles. The lowest BCUT2D eigenvalue weighted by Gasteiger charge is -2.05. The van der Waals surface area contributed by atoms with E-state index in [-0.39, 0.29) is 18.3 Å². The van der Waals surface area contributed by atoms with Crippen LogP contribution in [0.1, 0.15) is 15.9 Å².